The summed E-state index contributed by atoms with van der Waals surface area (Å²) in [6.07, 6.45) is 5.48. The average molecular weight is 280 g/mol. The Kier molecular flexibility index (Phi) is 5.94. The number of halogens is 2. The quantitative estimate of drug-likeness (QED) is 0.847. The van der Waals surface area contributed by atoms with E-state index in [1.165, 1.54) is 12.8 Å². The van der Waals surface area contributed by atoms with Gasteiger partial charge in [0.25, 0.3) is 0 Å². The van der Waals surface area contributed by atoms with Crippen molar-refractivity contribution < 1.29 is 8.60 Å². The molecule has 17 heavy (non-hydrogen) atoms. The van der Waals surface area contributed by atoms with Crippen molar-refractivity contribution >= 4 is 23.2 Å². The second-order valence-corrected chi connectivity index (χ2v) is 5.23. The molecule has 0 bridgehead atoms. The van der Waals surface area contributed by atoms with Gasteiger partial charge in [0.1, 0.15) is 0 Å². The first-order valence-electron chi connectivity index (χ1n) is 5.35. The zero-order valence-corrected chi connectivity index (χ0v) is 10.9. The minimum atomic E-state index is -1.24. The molecule has 0 amide bonds. The van der Waals surface area contributed by atoms with Crippen LogP contribution in [0.5, 0.6) is 0 Å². The molecule has 1 N–H and O–H groups in total. The summed E-state index contributed by atoms with van der Waals surface area (Å²) in [4.78, 5) is 7.46. The maximum absolute atomic E-state index is 12.6. The van der Waals surface area contributed by atoms with Gasteiger partial charge in [-0.1, -0.05) is 6.42 Å². The fourth-order valence-corrected chi connectivity index (χ4v) is 2.88. The molecule has 96 valence electrons. The molecule has 1 fully saturated rings. The highest BCUT2D eigenvalue weighted by atomic mass is 35.5. The molecule has 7 heteroatoms. The molecule has 0 aliphatic carbocycles. The van der Waals surface area contributed by atoms with Crippen molar-refractivity contribution in [2.45, 2.75) is 30.5 Å². The van der Waals surface area contributed by atoms with Gasteiger partial charge < -0.3 is 5.32 Å². The van der Waals surface area contributed by atoms with Crippen molar-refractivity contribution in [2.75, 3.05) is 12.3 Å². The van der Waals surface area contributed by atoms with Crippen LogP contribution in [0, 0.1) is 5.82 Å². The minimum Gasteiger partial charge on any atom is -0.313 e. The van der Waals surface area contributed by atoms with Gasteiger partial charge in [0.2, 0.25) is 5.16 Å². The van der Waals surface area contributed by atoms with Crippen LogP contribution in [-0.2, 0) is 10.8 Å². The molecule has 1 aliphatic rings. The zero-order valence-electron chi connectivity index (χ0n) is 9.26. The second-order valence-electron chi connectivity index (χ2n) is 3.84. The lowest BCUT2D eigenvalue weighted by Gasteiger charge is -2.22. The van der Waals surface area contributed by atoms with Gasteiger partial charge >= 0.3 is 0 Å². The number of nitrogens with zero attached hydrogens (tertiary/aromatic N) is 2. The maximum Gasteiger partial charge on any atom is 0.218 e. The first-order chi connectivity index (χ1) is 7.75. The van der Waals surface area contributed by atoms with E-state index in [-0.39, 0.29) is 23.6 Å². The van der Waals surface area contributed by atoms with Gasteiger partial charge in [-0.25, -0.2) is 14.4 Å². The molecule has 0 spiro atoms. The molecule has 0 radical (unpaired) electrons. The van der Waals surface area contributed by atoms with Crippen LogP contribution in [0.1, 0.15) is 19.3 Å². The maximum atomic E-state index is 12.6. The number of nitrogens with one attached hydrogen (secondary N) is 1. The molecule has 1 aromatic rings. The number of hydrogen-bond acceptors (Lipinski definition) is 4. The zero-order chi connectivity index (χ0) is 11.4. The van der Waals surface area contributed by atoms with Crippen molar-refractivity contribution in [1.82, 2.24) is 15.3 Å². The lowest BCUT2D eigenvalue weighted by molar-refractivity contribution is 0.427. The normalized spacial score (nSPS) is 21.6. The highest BCUT2D eigenvalue weighted by molar-refractivity contribution is 7.84. The third-order valence-electron chi connectivity index (χ3n) is 2.57. The summed E-state index contributed by atoms with van der Waals surface area (Å²) < 4.78 is 24.4. The van der Waals surface area contributed by atoms with Crippen molar-refractivity contribution in [3.63, 3.8) is 0 Å². The van der Waals surface area contributed by atoms with E-state index in [9.17, 15) is 8.60 Å². The predicted molar refractivity (Wildman–Crippen MR) is 66.2 cm³/mol. The van der Waals surface area contributed by atoms with Gasteiger partial charge in [0, 0.05) is 11.8 Å². The van der Waals surface area contributed by atoms with Gasteiger partial charge in [0.05, 0.1) is 23.2 Å². The average Bonchev–Trinajstić information content (AvgIpc) is 2.31. The second kappa shape index (κ2) is 6.98. The van der Waals surface area contributed by atoms with Crippen LogP contribution in [0.2, 0.25) is 0 Å². The third-order valence-corrected chi connectivity index (χ3v) is 3.89. The third kappa shape index (κ3) is 4.29. The van der Waals surface area contributed by atoms with Crippen LogP contribution in [0.4, 0.5) is 4.39 Å². The number of aromatic nitrogens is 2. The molecule has 1 aliphatic heterocycles. The van der Waals surface area contributed by atoms with Gasteiger partial charge in [-0.15, -0.1) is 12.4 Å². The van der Waals surface area contributed by atoms with E-state index in [1.54, 1.807) is 0 Å². The summed E-state index contributed by atoms with van der Waals surface area (Å²) in [5, 5.41) is 3.52. The summed E-state index contributed by atoms with van der Waals surface area (Å²) in [5.74, 6) is 0.00239. The molecule has 4 nitrogen and oxygen atoms in total. The lowest BCUT2D eigenvalue weighted by Crippen LogP contribution is -2.38. The van der Waals surface area contributed by atoms with E-state index in [0.717, 1.165) is 25.4 Å². The Morgan fingerprint density at radius 2 is 2.12 bits per heavy atom. The molecule has 0 saturated carbocycles. The van der Waals surface area contributed by atoms with Crippen molar-refractivity contribution in [2.24, 2.45) is 0 Å². The van der Waals surface area contributed by atoms with Crippen LogP contribution >= 0.6 is 12.4 Å². The molecule has 2 unspecified atom stereocenters. The van der Waals surface area contributed by atoms with E-state index >= 15 is 0 Å². The van der Waals surface area contributed by atoms with Gasteiger partial charge in [-0.3, -0.25) is 4.21 Å². The monoisotopic (exact) mass is 279 g/mol. The first-order valence-corrected chi connectivity index (χ1v) is 6.67. The highest BCUT2D eigenvalue weighted by Gasteiger charge is 2.17. The smallest absolute Gasteiger partial charge is 0.218 e. The Labute approximate surface area is 108 Å². The molecule has 2 heterocycles. The topological polar surface area (TPSA) is 54.9 Å². The Morgan fingerprint density at radius 3 is 2.71 bits per heavy atom. The number of hydrogen-bond donors (Lipinski definition) is 1. The van der Waals surface area contributed by atoms with Gasteiger partial charge in [-0.05, 0) is 19.4 Å². The number of rotatable bonds is 3. The first kappa shape index (κ1) is 14.5. The SMILES string of the molecule is Cl.O=S(CC1CCCCN1)c1ncc(F)cn1. The Morgan fingerprint density at radius 1 is 1.41 bits per heavy atom. The van der Waals surface area contributed by atoms with Crippen LogP contribution in [-0.4, -0.2) is 32.5 Å². The summed E-state index contributed by atoms with van der Waals surface area (Å²) >= 11 is 0. The Balaban J connectivity index is 0.00000144. The van der Waals surface area contributed by atoms with Crippen LogP contribution in [0.3, 0.4) is 0 Å². The standard InChI is InChI=1S/C10H14FN3OS.ClH/c11-8-5-13-10(14-6-8)16(15)7-9-3-1-2-4-12-9;/h5-6,9,12H,1-4,7H2;1H. The highest BCUT2D eigenvalue weighted by Crippen LogP contribution is 2.10. The van der Waals surface area contributed by atoms with Crippen molar-refractivity contribution in [3.05, 3.63) is 18.2 Å². The molecular formula is C10H15ClFN3OS. The fourth-order valence-electron chi connectivity index (χ4n) is 1.74. The lowest BCUT2D eigenvalue weighted by atomic mass is 10.1. The van der Waals surface area contributed by atoms with E-state index < -0.39 is 16.6 Å². The van der Waals surface area contributed by atoms with Crippen LogP contribution in [0.15, 0.2) is 17.6 Å². The molecule has 1 saturated heterocycles. The van der Waals surface area contributed by atoms with Gasteiger partial charge in [-0.2, -0.15) is 0 Å². The Bertz CT molecular complexity index is 370. The van der Waals surface area contributed by atoms with E-state index in [0.29, 0.717) is 5.75 Å². The largest absolute Gasteiger partial charge is 0.313 e. The summed E-state index contributed by atoms with van der Waals surface area (Å²) in [6, 6.07) is 0.267. The van der Waals surface area contributed by atoms with E-state index in [4.69, 9.17) is 0 Å². The van der Waals surface area contributed by atoms with Crippen LogP contribution < -0.4 is 5.32 Å². The van der Waals surface area contributed by atoms with E-state index in [2.05, 4.69) is 15.3 Å². The predicted octanol–water partition coefficient (Wildman–Crippen LogP) is 1.29. The molecule has 2 rings (SSSR count). The Hall–Kier alpha value is -0.590. The van der Waals surface area contributed by atoms with Gasteiger partial charge in [0.15, 0.2) is 5.82 Å². The van der Waals surface area contributed by atoms with Crippen molar-refractivity contribution in [3.8, 4) is 0 Å². The fraction of sp³-hybridized carbons (Fsp3) is 0.600. The molecule has 2 atom stereocenters. The summed E-state index contributed by atoms with van der Waals surface area (Å²) in [7, 11) is -1.24. The molecule has 0 aromatic carbocycles. The minimum absolute atomic E-state index is 0. The van der Waals surface area contributed by atoms with Crippen LogP contribution in [0.25, 0.3) is 0 Å². The molecule has 1 aromatic heterocycles. The summed E-state index contributed by atoms with van der Waals surface area (Å²) in [5.41, 5.74) is 0. The summed E-state index contributed by atoms with van der Waals surface area (Å²) in [6.45, 7) is 0.978. The van der Waals surface area contributed by atoms with Crippen molar-refractivity contribution in [1.29, 1.82) is 0 Å². The number of piperidine rings is 1. The van der Waals surface area contributed by atoms with E-state index in [1.807, 2.05) is 0 Å². The molecular weight excluding hydrogens is 265 g/mol.